The molecule has 0 saturated heterocycles. The minimum absolute atomic E-state index is 0.0267. The van der Waals surface area contributed by atoms with Gasteiger partial charge in [0.2, 0.25) is 11.8 Å². The molecule has 0 aliphatic heterocycles. The van der Waals surface area contributed by atoms with Crippen molar-refractivity contribution in [1.82, 2.24) is 21.3 Å². The summed E-state index contributed by atoms with van der Waals surface area (Å²) in [6, 6.07) is 5.55. The van der Waals surface area contributed by atoms with Gasteiger partial charge in [-0.05, 0) is 49.1 Å². The van der Waals surface area contributed by atoms with Crippen molar-refractivity contribution in [2.24, 2.45) is 17.6 Å². The molecule has 6 N–H and O–H groups in total. The van der Waals surface area contributed by atoms with E-state index in [0.717, 1.165) is 37.9 Å². The first-order valence-electron chi connectivity index (χ1n) is 22.0. The number of hydrogen-bond acceptors (Lipinski definition) is 12. The van der Waals surface area contributed by atoms with Gasteiger partial charge in [0, 0.05) is 57.8 Å². The molecule has 0 spiro atoms. The quantitative estimate of drug-likeness (QED) is 0.0588. The number of nitrogens with two attached hydrogens (primary N) is 1. The van der Waals surface area contributed by atoms with Crippen LogP contribution in [0.5, 0.6) is 0 Å². The van der Waals surface area contributed by atoms with Crippen LogP contribution in [0.3, 0.4) is 0 Å². The van der Waals surface area contributed by atoms with Gasteiger partial charge in [0.25, 0.3) is 0 Å². The highest BCUT2D eigenvalue weighted by molar-refractivity contribution is 5.93. The number of ketones is 2. The fourth-order valence-electron chi connectivity index (χ4n) is 5.85. The third kappa shape index (κ3) is 30.5. The van der Waals surface area contributed by atoms with Gasteiger partial charge in [-0.2, -0.15) is 0 Å². The molecule has 348 valence electrons. The summed E-state index contributed by atoms with van der Waals surface area (Å²) >= 11 is 0. The van der Waals surface area contributed by atoms with Gasteiger partial charge in [-0.3, -0.25) is 19.2 Å². The van der Waals surface area contributed by atoms with Crippen molar-refractivity contribution in [2.45, 2.75) is 111 Å². The van der Waals surface area contributed by atoms with Gasteiger partial charge < -0.3 is 55.4 Å². The van der Waals surface area contributed by atoms with Gasteiger partial charge >= 0.3 is 12.1 Å². The zero-order chi connectivity index (χ0) is 44.9. The molecule has 0 aromatic heterocycles. The molecular formula is C44H75N5O12. The van der Waals surface area contributed by atoms with Gasteiger partial charge in [-0.15, -0.1) is 0 Å². The summed E-state index contributed by atoms with van der Waals surface area (Å²) in [6.07, 6.45) is 4.73. The Labute approximate surface area is 362 Å². The van der Waals surface area contributed by atoms with Crippen LogP contribution in [0.15, 0.2) is 24.3 Å². The van der Waals surface area contributed by atoms with Crippen molar-refractivity contribution in [3.05, 3.63) is 35.4 Å². The van der Waals surface area contributed by atoms with Crippen LogP contribution in [0, 0.1) is 11.8 Å². The largest absolute Gasteiger partial charge is 0.445 e. The first kappa shape index (κ1) is 54.9. The second kappa shape index (κ2) is 36.5. The molecule has 17 heteroatoms. The number of urea groups is 1. The van der Waals surface area contributed by atoms with Gasteiger partial charge in [0.05, 0.1) is 65.5 Å². The van der Waals surface area contributed by atoms with E-state index >= 15 is 0 Å². The Bertz CT molecular complexity index is 1360. The van der Waals surface area contributed by atoms with E-state index in [1.807, 2.05) is 13.8 Å². The Hall–Kier alpha value is -4.16. The number of hydrogen-bond donors (Lipinski definition) is 5. The average molecular weight is 866 g/mol. The lowest BCUT2D eigenvalue weighted by Crippen LogP contribution is -2.46. The second-order valence-electron chi connectivity index (χ2n) is 15.0. The standard InChI is InChI=1S/C44H75N5O12/c1-5-7-8-18-48-44(55)61-33-36-16-14-35(15-17-36)31-40(51)39(12-10-19-47-43(45)54)49-42(53)38(34(3)4)32-37(50)11-9-13-41(52)46-20-22-57-24-26-59-28-30-60-29-27-58-25-23-56-21-6-2/h14-17,34,38-39H,5-13,18-33H2,1-4H3,(H,46,52)(H,48,55)(H,49,53)(H3,45,47,54)/t38?,39-/m0/s1. The number of rotatable bonds is 39. The summed E-state index contributed by atoms with van der Waals surface area (Å²) in [7, 11) is 0. The van der Waals surface area contributed by atoms with Crippen LogP contribution in [-0.2, 0) is 60.6 Å². The van der Waals surface area contributed by atoms with E-state index in [0.29, 0.717) is 91.0 Å². The molecule has 0 bridgehead atoms. The Balaban J connectivity index is 2.43. The van der Waals surface area contributed by atoms with E-state index in [9.17, 15) is 28.8 Å². The first-order chi connectivity index (χ1) is 29.5. The topological polar surface area (TPSA) is 232 Å². The third-order valence-corrected chi connectivity index (χ3v) is 9.35. The molecule has 0 saturated carbocycles. The summed E-state index contributed by atoms with van der Waals surface area (Å²) in [4.78, 5) is 75.6. The van der Waals surface area contributed by atoms with Crippen molar-refractivity contribution in [1.29, 1.82) is 0 Å². The van der Waals surface area contributed by atoms with Gasteiger partial charge in [-0.25, -0.2) is 9.59 Å². The Kier molecular flexibility index (Phi) is 32.8. The summed E-state index contributed by atoms with van der Waals surface area (Å²) < 4.78 is 32.4. The lowest BCUT2D eigenvalue weighted by molar-refractivity contribution is -0.133. The predicted octanol–water partition coefficient (Wildman–Crippen LogP) is 4.16. The monoisotopic (exact) mass is 866 g/mol. The van der Waals surface area contributed by atoms with E-state index in [2.05, 4.69) is 35.1 Å². The number of alkyl carbamates (subject to hydrolysis) is 1. The van der Waals surface area contributed by atoms with Crippen LogP contribution in [-0.4, -0.2) is 127 Å². The normalized spacial score (nSPS) is 12.1. The molecule has 0 fully saturated rings. The molecule has 2 atom stereocenters. The summed E-state index contributed by atoms with van der Waals surface area (Å²) in [5.74, 6) is -1.87. The zero-order valence-electron chi connectivity index (χ0n) is 37.2. The molecule has 1 unspecified atom stereocenters. The fraction of sp³-hybridized carbons (Fsp3) is 0.727. The van der Waals surface area contributed by atoms with Crippen LogP contribution in [0.4, 0.5) is 9.59 Å². The predicted molar refractivity (Wildman–Crippen MR) is 231 cm³/mol. The van der Waals surface area contributed by atoms with Gasteiger partial charge in [0.15, 0.2) is 5.78 Å². The van der Waals surface area contributed by atoms with Crippen molar-refractivity contribution >= 4 is 35.5 Å². The Morgan fingerprint density at radius 2 is 1.20 bits per heavy atom. The van der Waals surface area contributed by atoms with Crippen LogP contribution in [0.2, 0.25) is 0 Å². The number of ether oxygens (including phenoxy) is 6. The number of carbonyl (C=O) groups excluding carboxylic acids is 6. The van der Waals surface area contributed by atoms with E-state index in [-0.39, 0.29) is 68.6 Å². The third-order valence-electron chi connectivity index (χ3n) is 9.35. The van der Waals surface area contributed by atoms with Gasteiger partial charge in [0.1, 0.15) is 12.4 Å². The van der Waals surface area contributed by atoms with Crippen LogP contribution >= 0.6 is 0 Å². The number of primary amides is 1. The van der Waals surface area contributed by atoms with Crippen molar-refractivity contribution < 1.29 is 57.2 Å². The highest BCUT2D eigenvalue weighted by Gasteiger charge is 2.29. The maximum absolute atomic E-state index is 13.6. The average Bonchev–Trinajstić information content (AvgIpc) is 3.23. The van der Waals surface area contributed by atoms with Crippen molar-refractivity contribution in [3.8, 4) is 0 Å². The summed E-state index contributed by atoms with van der Waals surface area (Å²) in [5, 5.41) is 10.9. The number of amides is 5. The number of carbonyl (C=O) groups is 6. The van der Waals surface area contributed by atoms with Crippen molar-refractivity contribution in [2.75, 3.05) is 85.7 Å². The fourth-order valence-corrected chi connectivity index (χ4v) is 5.85. The Morgan fingerprint density at radius 3 is 1.77 bits per heavy atom. The SMILES string of the molecule is CCCCCNC(=O)OCc1ccc(CC(=O)[C@H](CCCNC(N)=O)NC(=O)C(CC(=O)CCCC(=O)NCCOCCOCCOCCOCCOCCC)C(C)C)cc1. The molecule has 0 radical (unpaired) electrons. The highest BCUT2D eigenvalue weighted by Crippen LogP contribution is 2.19. The molecule has 0 heterocycles. The number of unbranched alkanes of at least 4 members (excludes halogenated alkanes) is 2. The lowest BCUT2D eigenvalue weighted by Gasteiger charge is -2.24. The smallest absolute Gasteiger partial charge is 0.407 e. The second-order valence-corrected chi connectivity index (χ2v) is 15.0. The van der Waals surface area contributed by atoms with Gasteiger partial charge in [-0.1, -0.05) is 64.8 Å². The summed E-state index contributed by atoms with van der Waals surface area (Å²) in [6.45, 7) is 13.9. The molecule has 1 aromatic rings. The molecular weight excluding hydrogens is 791 g/mol. The first-order valence-corrected chi connectivity index (χ1v) is 22.0. The maximum Gasteiger partial charge on any atom is 0.407 e. The molecule has 0 aliphatic carbocycles. The molecule has 17 nitrogen and oxygen atoms in total. The molecule has 1 rings (SSSR count). The minimum Gasteiger partial charge on any atom is -0.445 e. The zero-order valence-corrected chi connectivity index (χ0v) is 37.2. The number of nitrogens with one attached hydrogen (secondary N) is 4. The number of benzene rings is 1. The van der Waals surface area contributed by atoms with Crippen LogP contribution < -0.4 is 27.0 Å². The minimum atomic E-state index is -0.866. The summed E-state index contributed by atoms with van der Waals surface area (Å²) in [5.41, 5.74) is 6.66. The molecule has 0 aliphatic rings. The van der Waals surface area contributed by atoms with Crippen LogP contribution in [0.1, 0.15) is 103 Å². The van der Waals surface area contributed by atoms with E-state index in [4.69, 9.17) is 34.2 Å². The molecule has 61 heavy (non-hydrogen) atoms. The highest BCUT2D eigenvalue weighted by atomic mass is 16.6. The lowest BCUT2D eigenvalue weighted by atomic mass is 9.88. The maximum atomic E-state index is 13.6. The van der Waals surface area contributed by atoms with E-state index < -0.39 is 30.0 Å². The molecule has 5 amide bonds. The van der Waals surface area contributed by atoms with Crippen LogP contribution in [0.25, 0.3) is 0 Å². The van der Waals surface area contributed by atoms with Crippen molar-refractivity contribution in [3.63, 3.8) is 0 Å². The number of Topliss-reactive ketones (excluding diaryl/α,β-unsaturated/α-hetero) is 2. The van der Waals surface area contributed by atoms with E-state index in [1.54, 1.807) is 24.3 Å². The Morgan fingerprint density at radius 1 is 0.623 bits per heavy atom. The van der Waals surface area contributed by atoms with E-state index in [1.165, 1.54) is 0 Å². The molecule has 1 aromatic carbocycles.